The molecule has 4 nitrogen and oxygen atoms in total. The molecule has 5 heteroatoms. The van der Waals surface area contributed by atoms with E-state index in [9.17, 15) is 9.59 Å². The van der Waals surface area contributed by atoms with Gasteiger partial charge in [0, 0.05) is 21.5 Å². The van der Waals surface area contributed by atoms with E-state index in [1.54, 1.807) is 18.2 Å². The van der Waals surface area contributed by atoms with E-state index in [1.165, 1.54) is 11.3 Å². The summed E-state index contributed by atoms with van der Waals surface area (Å²) >= 11 is 1.50. The normalized spacial score (nSPS) is 11.3. The third-order valence-corrected chi connectivity index (χ3v) is 5.46. The van der Waals surface area contributed by atoms with Crippen molar-refractivity contribution in [2.24, 2.45) is 0 Å². The average Bonchev–Trinajstić information content (AvgIpc) is 3.26. The SMILES string of the molecule is Cc1cccc(C(=O)N/C(=C\c2cccs2)C(=O)Nc2cccc3ccccc23)c1. The lowest BCUT2D eigenvalue weighted by molar-refractivity contribution is -0.113. The molecule has 4 rings (SSSR count). The Morgan fingerprint density at radius 1 is 0.900 bits per heavy atom. The van der Waals surface area contributed by atoms with Crippen LogP contribution in [0.15, 0.2) is 89.9 Å². The first-order valence-corrected chi connectivity index (χ1v) is 10.4. The van der Waals surface area contributed by atoms with Crippen LogP contribution in [0, 0.1) is 6.92 Å². The minimum absolute atomic E-state index is 0.192. The fraction of sp³-hybridized carbons (Fsp3) is 0.0400. The molecule has 0 aliphatic rings. The maximum atomic E-state index is 13.1. The highest BCUT2D eigenvalue weighted by Crippen LogP contribution is 2.23. The number of nitrogens with one attached hydrogen (secondary N) is 2. The number of thiophene rings is 1. The third kappa shape index (κ3) is 4.47. The predicted octanol–water partition coefficient (Wildman–Crippen LogP) is 5.62. The van der Waals surface area contributed by atoms with Crippen molar-refractivity contribution < 1.29 is 9.59 Å². The molecule has 0 spiro atoms. The molecular formula is C25H20N2O2S. The second kappa shape index (κ2) is 8.76. The van der Waals surface area contributed by atoms with Crippen LogP contribution in [0.25, 0.3) is 16.8 Å². The van der Waals surface area contributed by atoms with Crippen LogP contribution in [-0.2, 0) is 4.79 Å². The highest BCUT2D eigenvalue weighted by Gasteiger charge is 2.16. The molecule has 2 amide bonds. The monoisotopic (exact) mass is 412 g/mol. The van der Waals surface area contributed by atoms with E-state index in [-0.39, 0.29) is 17.5 Å². The van der Waals surface area contributed by atoms with Gasteiger partial charge in [-0.25, -0.2) is 0 Å². The molecule has 0 bridgehead atoms. The van der Waals surface area contributed by atoms with Crippen LogP contribution >= 0.6 is 11.3 Å². The maximum Gasteiger partial charge on any atom is 0.272 e. The van der Waals surface area contributed by atoms with E-state index in [4.69, 9.17) is 0 Å². The Morgan fingerprint density at radius 2 is 1.70 bits per heavy atom. The second-order valence-corrected chi connectivity index (χ2v) is 7.86. The molecule has 0 saturated carbocycles. The van der Waals surface area contributed by atoms with E-state index in [0.29, 0.717) is 11.3 Å². The van der Waals surface area contributed by atoms with Gasteiger partial charge in [0.25, 0.3) is 11.8 Å². The van der Waals surface area contributed by atoms with Crippen molar-refractivity contribution >= 4 is 45.7 Å². The van der Waals surface area contributed by atoms with Gasteiger partial charge in [0.05, 0.1) is 0 Å². The standard InChI is InChI=1S/C25H20N2O2S/c1-17-7-4-10-19(15-17)24(28)27-23(16-20-11-6-14-30-20)25(29)26-22-13-5-9-18-8-2-3-12-21(18)22/h2-16H,1H3,(H,26,29)(H,27,28)/b23-16-. The highest BCUT2D eigenvalue weighted by atomic mass is 32.1. The zero-order chi connectivity index (χ0) is 20.9. The van der Waals surface area contributed by atoms with E-state index < -0.39 is 0 Å². The molecule has 1 aromatic heterocycles. The summed E-state index contributed by atoms with van der Waals surface area (Å²) in [6.45, 7) is 1.92. The van der Waals surface area contributed by atoms with Gasteiger partial charge in [-0.2, -0.15) is 0 Å². The van der Waals surface area contributed by atoms with Crippen LogP contribution in [0.3, 0.4) is 0 Å². The molecule has 30 heavy (non-hydrogen) atoms. The van der Waals surface area contributed by atoms with Gasteiger partial charge in [0.15, 0.2) is 0 Å². The number of fused-ring (bicyclic) bond motifs is 1. The number of hydrogen-bond donors (Lipinski definition) is 2. The Hall–Kier alpha value is -3.70. The number of rotatable bonds is 5. The zero-order valence-corrected chi connectivity index (χ0v) is 17.2. The van der Waals surface area contributed by atoms with Crippen molar-refractivity contribution in [1.29, 1.82) is 0 Å². The number of amides is 2. The fourth-order valence-electron chi connectivity index (χ4n) is 3.18. The molecule has 2 N–H and O–H groups in total. The minimum atomic E-state index is -0.374. The summed E-state index contributed by atoms with van der Waals surface area (Å²) in [5, 5.41) is 9.63. The fourth-order valence-corrected chi connectivity index (χ4v) is 3.84. The Morgan fingerprint density at radius 3 is 2.50 bits per heavy atom. The van der Waals surface area contributed by atoms with Crippen molar-refractivity contribution in [2.75, 3.05) is 5.32 Å². The molecule has 0 unspecified atom stereocenters. The Balaban J connectivity index is 1.64. The number of carbonyl (C=O) groups excluding carboxylic acids is 2. The molecule has 4 aromatic rings. The lowest BCUT2D eigenvalue weighted by Gasteiger charge is -2.13. The van der Waals surface area contributed by atoms with E-state index in [1.807, 2.05) is 79.0 Å². The van der Waals surface area contributed by atoms with Gasteiger partial charge in [0.2, 0.25) is 0 Å². The topological polar surface area (TPSA) is 58.2 Å². The van der Waals surface area contributed by atoms with E-state index in [2.05, 4.69) is 10.6 Å². The second-order valence-electron chi connectivity index (χ2n) is 6.88. The first-order valence-electron chi connectivity index (χ1n) is 9.52. The van der Waals surface area contributed by atoms with Crippen molar-refractivity contribution in [3.8, 4) is 0 Å². The summed E-state index contributed by atoms with van der Waals surface area (Å²) in [7, 11) is 0. The number of benzene rings is 3. The Labute approximate surface area is 178 Å². The average molecular weight is 413 g/mol. The summed E-state index contributed by atoms with van der Waals surface area (Å²) in [5.41, 5.74) is 2.37. The largest absolute Gasteiger partial charge is 0.320 e. The summed E-state index contributed by atoms with van der Waals surface area (Å²) in [5.74, 6) is -0.699. The molecule has 0 saturated heterocycles. The third-order valence-electron chi connectivity index (χ3n) is 4.64. The smallest absolute Gasteiger partial charge is 0.272 e. The van der Waals surface area contributed by atoms with Gasteiger partial charge >= 0.3 is 0 Å². The highest BCUT2D eigenvalue weighted by molar-refractivity contribution is 7.10. The minimum Gasteiger partial charge on any atom is -0.320 e. The van der Waals surface area contributed by atoms with Crippen molar-refractivity contribution in [3.05, 3.63) is 106 Å². The number of aryl methyl sites for hydroxylation is 1. The molecule has 0 radical (unpaired) electrons. The lowest BCUT2D eigenvalue weighted by atomic mass is 10.1. The Kier molecular flexibility index (Phi) is 5.72. The predicted molar refractivity (Wildman–Crippen MR) is 124 cm³/mol. The lowest BCUT2D eigenvalue weighted by Crippen LogP contribution is -2.30. The van der Waals surface area contributed by atoms with Gasteiger partial charge in [0.1, 0.15) is 5.70 Å². The summed E-state index contributed by atoms with van der Waals surface area (Å²) in [6, 6.07) is 24.6. The van der Waals surface area contributed by atoms with Gasteiger partial charge in [-0.1, -0.05) is 60.2 Å². The van der Waals surface area contributed by atoms with Gasteiger partial charge < -0.3 is 10.6 Å². The number of anilines is 1. The molecule has 148 valence electrons. The summed E-state index contributed by atoms with van der Waals surface area (Å²) < 4.78 is 0. The number of hydrogen-bond acceptors (Lipinski definition) is 3. The molecule has 3 aromatic carbocycles. The van der Waals surface area contributed by atoms with Gasteiger partial charge in [-0.3, -0.25) is 9.59 Å². The maximum absolute atomic E-state index is 13.1. The van der Waals surface area contributed by atoms with Crippen LogP contribution < -0.4 is 10.6 Å². The van der Waals surface area contributed by atoms with Crippen molar-refractivity contribution in [3.63, 3.8) is 0 Å². The van der Waals surface area contributed by atoms with Crippen molar-refractivity contribution in [2.45, 2.75) is 6.92 Å². The molecular weight excluding hydrogens is 392 g/mol. The van der Waals surface area contributed by atoms with Gasteiger partial charge in [-0.05, 0) is 48.0 Å². The molecule has 0 aliphatic heterocycles. The van der Waals surface area contributed by atoms with E-state index in [0.717, 1.165) is 21.2 Å². The van der Waals surface area contributed by atoms with Crippen LogP contribution in [0.4, 0.5) is 5.69 Å². The quantitative estimate of drug-likeness (QED) is 0.418. The van der Waals surface area contributed by atoms with Gasteiger partial charge in [-0.15, -0.1) is 11.3 Å². The Bertz CT molecular complexity index is 1240. The first kappa shape index (κ1) is 19.6. The van der Waals surface area contributed by atoms with Crippen LogP contribution in [0.5, 0.6) is 0 Å². The van der Waals surface area contributed by atoms with Crippen molar-refractivity contribution in [1.82, 2.24) is 5.32 Å². The molecule has 0 aliphatic carbocycles. The molecule has 0 atom stereocenters. The first-order chi connectivity index (χ1) is 14.6. The van der Waals surface area contributed by atoms with Crippen LogP contribution in [0.1, 0.15) is 20.8 Å². The van der Waals surface area contributed by atoms with Crippen LogP contribution in [0.2, 0.25) is 0 Å². The number of carbonyl (C=O) groups is 2. The molecule has 1 heterocycles. The van der Waals surface area contributed by atoms with E-state index >= 15 is 0 Å². The summed E-state index contributed by atoms with van der Waals surface area (Å²) in [4.78, 5) is 26.8. The molecule has 0 fully saturated rings. The summed E-state index contributed by atoms with van der Waals surface area (Å²) in [6.07, 6.45) is 1.69. The van der Waals surface area contributed by atoms with Crippen LogP contribution in [-0.4, -0.2) is 11.8 Å². The zero-order valence-electron chi connectivity index (χ0n) is 16.4.